The Kier molecular flexibility index (Phi) is 4.02. The van der Waals surface area contributed by atoms with Gasteiger partial charge in [-0.1, -0.05) is 15.9 Å². The van der Waals surface area contributed by atoms with Crippen LogP contribution in [0.2, 0.25) is 0 Å². The number of rotatable bonds is 2. The molecule has 1 aliphatic heterocycles. The molecule has 0 unspecified atom stereocenters. The highest BCUT2D eigenvalue weighted by atomic mass is 79.9. The normalized spacial score (nSPS) is 23.9. The Bertz CT molecular complexity index is 469. The van der Waals surface area contributed by atoms with Crippen LogP contribution in [0.1, 0.15) is 10.9 Å². The predicted molar refractivity (Wildman–Crippen MR) is 73.3 cm³/mol. The van der Waals surface area contributed by atoms with Crippen molar-refractivity contribution in [3.8, 4) is 5.75 Å². The van der Waals surface area contributed by atoms with E-state index in [2.05, 4.69) is 37.2 Å². The van der Waals surface area contributed by atoms with E-state index in [1.807, 2.05) is 0 Å². The molecule has 0 saturated carbocycles. The number of phenolic OH excluding ortho intramolecular Hbond substituents is 1. The molecule has 1 aromatic carbocycles. The van der Waals surface area contributed by atoms with Crippen LogP contribution in [0.25, 0.3) is 0 Å². The molecule has 1 fully saturated rings. The number of thioether (sulfide) groups is 1. The molecule has 2 rings (SSSR count). The van der Waals surface area contributed by atoms with E-state index in [1.54, 1.807) is 12.1 Å². The second-order valence-electron chi connectivity index (χ2n) is 3.58. The number of aromatic hydroxyl groups is 1. The number of halogens is 2. The number of aliphatic carboxylic acids is 1. The second-order valence-corrected chi connectivity index (χ2v) is 6.66. The van der Waals surface area contributed by atoms with Gasteiger partial charge in [-0.3, -0.25) is 10.1 Å². The van der Waals surface area contributed by atoms with Crippen LogP contribution < -0.4 is 5.32 Å². The third-order valence-electron chi connectivity index (χ3n) is 2.40. The second kappa shape index (κ2) is 5.17. The maximum Gasteiger partial charge on any atom is 0.318 e. The lowest BCUT2D eigenvalue weighted by Crippen LogP contribution is -2.21. The highest BCUT2D eigenvalue weighted by molar-refractivity contribution is 9.11. The Morgan fingerprint density at radius 1 is 1.47 bits per heavy atom. The molecule has 0 spiro atoms. The standard InChI is InChI=1S/C10H9Br2NO3S/c11-4-1-5(8(14)6(12)2-4)9-13-3-7(17-9)10(15)16/h1-2,7,9,13-14H,3H2,(H,15,16)/t7-,9-/m0/s1. The Labute approximate surface area is 119 Å². The van der Waals surface area contributed by atoms with Gasteiger partial charge >= 0.3 is 5.97 Å². The van der Waals surface area contributed by atoms with Crippen LogP contribution in [0.15, 0.2) is 21.1 Å². The largest absolute Gasteiger partial charge is 0.506 e. The summed E-state index contributed by atoms with van der Waals surface area (Å²) in [7, 11) is 0. The summed E-state index contributed by atoms with van der Waals surface area (Å²) in [5.74, 6) is -0.692. The molecule has 0 radical (unpaired) electrons. The summed E-state index contributed by atoms with van der Waals surface area (Å²) in [5, 5.41) is 21.3. The smallest absolute Gasteiger partial charge is 0.318 e. The lowest BCUT2D eigenvalue weighted by atomic mass is 10.2. The number of carbonyl (C=O) groups is 1. The predicted octanol–water partition coefficient (Wildman–Crippen LogP) is 2.71. The van der Waals surface area contributed by atoms with Crippen LogP contribution in [-0.4, -0.2) is 28.0 Å². The zero-order valence-corrected chi connectivity index (χ0v) is 12.5. The fraction of sp³-hybridized carbons (Fsp3) is 0.300. The summed E-state index contributed by atoms with van der Waals surface area (Å²) < 4.78 is 1.42. The molecule has 1 heterocycles. The highest BCUT2D eigenvalue weighted by Crippen LogP contribution is 2.42. The number of hydrogen-bond acceptors (Lipinski definition) is 4. The van der Waals surface area contributed by atoms with Crippen molar-refractivity contribution >= 4 is 49.6 Å². The van der Waals surface area contributed by atoms with Gasteiger partial charge in [0.2, 0.25) is 0 Å². The van der Waals surface area contributed by atoms with E-state index in [-0.39, 0.29) is 11.1 Å². The van der Waals surface area contributed by atoms with Gasteiger partial charge < -0.3 is 10.2 Å². The molecule has 0 aliphatic carbocycles. The first-order valence-corrected chi connectivity index (χ1v) is 7.31. The van der Waals surface area contributed by atoms with Crippen molar-refractivity contribution in [2.45, 2.75) is 10.6 Å². The van der Waals surface area contributed by atoms with Gasteiger partial charge in [0.25, 0.3) is 0 Å². The van der Waals surface area contributed by atoms with E-state index < -0.39 is 11.2 Å². The summed E-state index contributed by atoms with van der Waals surface area (Å²) >= 11 is 7.89. The molecule has 1 aromatic rings. The summed E-state index contributed by atoms with van der Waals surface area (Å²) in [6, 6.07) is 3.53. The average molecular weight is 383 g/mol. The molecule has 1 aliphatic rings. The molecule has 4 nitrogen and oxygen atoms in total. The van der Waals surface area contributed by atoms with E-state index in [4.69, 9.17) is 5.11 Å². The minimum absolute atomic E-state index is 0.143. The Morgan fingerprint density at radius 2 is 2.18 bits per heavy atom. The Balaban J connectivity index is 2.27. The number of benzene rings is 1. The number of hydrogen-bond donors (Lipinski definition) is 3. The lowest BCUT2D eigenvalue weighted by Gasteiger charge is -2.13. The molecule has 1 saturated heterocycles. The first kappa shape index (κ1) is 13.2. The molecule has 3 N–H and O–H groups in total. The molecular weight excluding hydrogens is 374 g/mol. The number of carboxylic acids is 1. The fourth-order valence-corrected chi connectivity index (χ4v) is 4.00. The summed E-state index contributed by atoms with van der Waals surface area (Å²) in [6.07, 6.45) is 0. The Hall–Kier alpha value is -0.240. The molecule has 2 atom stereocenters. The van der Waals surface area contributed by atoms with Gasteiger partial charge in [0, 0.05) is 16.6 Å². The van der Waals surface area contributed by atoms with E-state index in [0.717, 1.165) is 4.47 Å². The fourth-order valence-electron chi connectivity index (χ4n) is 1.59. The van der Waals surface area contributed by atoms with Gasteiger partial charge in [0.05, 0.1) is 9.85 Å². The highest BCUT2D eigenvalue weighted by Gasteiger charge is 2.32. The number of nitrogens with one attached hydrogen (secondary N) is 1. The van der Waals surface area contributed by atoms with Gasteiger partial charge in [-0.05, 0) is 28.1 Å². The first-order chi connectivity index (χ1) is 7.99. The van der Waals surface area contributed by atoms with Crippen molar-refractivity contribution in [3.05, 3.63) is 26.6 Å². The summed E-state index contributed by atoms with van der Waals surface area (Å²) in [5.41, 5.74) is 0.681. The average Bonchev–Trinajstić information content (AvgIpc) is 2.72. The topological polar surface area (TPSA) is 69.6 Å². The van der Waals surface area contributed by atoms with Crippen molar-refractivity contribution in [2.75, 3.05) is 6.54 Å². The van der Waals surface area contributed by atoms with Crippen LogP contribution in [0, 0.1) is 0 Å². The van der Waals surface area contributed by atoms with Crippen LogP contribution in [0.4, 0.5) is 0 Å². The minimum Gasteiger partial charge on any atom is -0.506 e. The van der Waals surface area contributed by atoms with E-state index >= 15 is 0 Å². The van der Waals surface area contributed by atoms with Crippen LogP contribution >= 0.6 is 43.6 Å². The maximum atomic E-state index is 10.9. The van der Waals surface area contributed by atoms with Crippen molar-refractivity contribution in [1.82, 2.24) is 5.32 Å². The zero-order chi connectivity index (χ0) is 12.6. The van der Waals surface area contributed by atoms with Crippen LogP contribution in [0.5, 0.6) is 5.75 Å². The van der Waals surface area contributed by atoms with E-state index in [1.165, 1.54) is 11.8 Å². The molecule has 92 valence electrons. The zero-order valence-electron chi connectivity index (χ0n) is 8.48. The Morgan fingerprint density at radius 3 is 2.76 bits per heavy atom. The quantitative estimate of drug-likeness (QED) is 0.733. The van der Waals surface area contributed by atoms with E-state index in [0.29, 0.717) is 16.6 Å². The molecule has 0 aromatic heterocycles. The van der Waals surface area contributed by atoms with Gasteiger partial charge in [-0.2, -0.15) is 0 Å². The van der Waals surface area contributed by atoms with Gasteiger partial charge in [0.1, 0.15) is 11.0 Å². The minimum atomic E-state index is -0.835. The van der Waals surface area contributed by atoms with Crippen LogP contribution in [0.3, 0.4) is 0 Å². The maximum absolute atomic E-state index is 10.9. The summed E-state index contributed by atoms with van der Waals surface area (Å²) in [4.78, 5) is 10.9. The van der Waals surface area contributed by atoms with Crippen molar-refractivity contribution in [3.63, 3.8) is 0 Å². The van der Waals surface area contributed by atoms with Crippen LogP contribution in [-0.2, 0) is 4.79 Å². The molecule has 17 heavy (non-hydrogen) atoms. The van der Waals surface area contributed by atoms with Gasteiger partial charge in [-0.15, -0.1) is 11.8 Å². The third-order valence-corrected chi connectivity index (χ3v) is 4.86. The molecule has 7 heteroatoms. The van der Waals surface area contributed by atoms with Gasteiger partial charge in [0.15, 0.2) is 0 Å². The first-order valence-electron chi connectivity index (χ1n) is 4.78. The number of carboxylic acid groups (broad SMARTS) is 1. The SMILES string of the molecule is O=C(O)[C@@H]1CN[C@H](c2cc(Br)cc(Br)c2O)S1. The van der Waals surface area contributed by atoms with Crippen molar-refractivity contribution in [1.29, 1.82) is 0 Å². The lowest BCUT2D eigenvalue weighted by molar-refractivity contribution is -0.136. The third kappa shape index (κ3) is 2.78. The molecule has 0 amide bonds. The number of phenols is 1. The van der Waals surface area contributed by atoms with E-state index in [9.17, 15) is 9.90 Å². The molecular formula is C10H9Br2NO3S. The monoisotopic (exact) mass is 381 g/mol. The molecule has 0 bridgehead atoms. The van der Waals surface area contributed by atoms with Crippen molar-refractivity contribution < 1.29 is 15.0 Å². The van der Waals surface area contributed by atoms with Crippen molar-refractivity contribution in [2.24, 2.45) is 0 Å². The van der Waals surface area contributed by atoms with Gasteiger partial charge in [-0.25, -0.2) is 0 Å². The summed E-state index contributed by atoms with van der Waals surface area (Å²) in [6.45, 7) is 0.397.